The molecule has 2 rings (SSSR count). The summed E-state index contributed by atoms with van der Waals surface area (Å²) in [6, 6.07) is 5.38. The van der Waals surface area contributed by atoms with E-state index in [-0.39, 0.29) is 0 Å². The summed E-state index contributed by atoms with van der Waals surface area (Å²) in [4.78, 5) is 1.60. The monoisotopic (exact) mass is 332 g/mol. The molecule has 0 spiro atoms. The summed E-state index contributed by atoms with van der Waals surface area (Å²) in [5.41, 5.74) is 0.829. The molecule has 0 aliphatic heterocycles. The zero-order valence-electron chi connectivity index (χ0n) is 11.5. The number of nitrogens with one attached hydrogen (secondary N) is 1. The van der Waals surface area contributed by atoms with Crippen molar-refractivity contribution in [1.29, 1.82) is 0 Å². The highest BCUT2D eigenvalue weighted by Crippen LogP contribution is 2.38. The molecule has 0 aromatic heterocycles. The second-order valence-corrected chi connectivity index (χ2v) is 8.41. The summed E-state index contributed by atoms with van der Waals surface area (Å²) >= 11 is 1.78. The zero-order valence-corrected chi connectivity index (χ0v) is 13.9. The highest BCUT2D eigenvalue weighted by Gasteiger charge is 2.17. The van der Waals surface area contributed by atoms with Gasteiger partial charge in [-0.05, 0) is 31.0 Å². The second-order valence-electron chi connectivity index (χ2n) is 4.89. The van der Waals surface area contributed by atoms with Crippen molar-refractivity contribution < 1.29 is 8.42 Å². The first-order valence-electron chi connectivity index (χ1n) is 6.63. The molecule has 1 aliphatic carbocycles. The van der Waals surface area contributed by atoms with E-state index in [1.54, 1.807) is 24.1 Å². The Bertz CT molecular complexity index is 516. The highest BCUT2D eigenvalue weighted by atomic mass is 32.2. The van der Waals surface area contributed by atoms with E-state index in [1.807, 2.05) is 12.1 Å². The molecular formula is C13H20N2O2S3. The molecule has 2 unspecified atom stereocenters. The van der Waals surface area contributed by atoms with Crippen LogP contribution in [0.3, 0.4) is 0 Å². The van der Waals surface area contributed by atoms with Crippen LogP contribution in [0.1, 0.15) is 32.1 Å². The van der Waals surface area contributed by atoms with Crippen LogP contribution in [0.5, 0.6) is 0 Å². The fourth-order valence-corrected chi connectivity index (χ4v) is 4.76. The van der Waals surface area contributed by atoms with Gasteiger partial charge in [0.25, 0.3) is 0 Å². The highest BCUT2D eigenvalue weighted by molar-refractivity contribution is 8.00. The molecule has 0 saturated heterocycles. The largest absolute Gasteiger partial charge is 0.304 e. The third-order valence-electron chi connectivity index (χ3n) is 3.28. The van der Waals surface area contributed by atoms with E-state index < -0.39 is 22.0 Å². The zero-order chi connectivity index (χ0) is 14.5. The lowest BCUT2D eigenvalue weighted by molar-refractivity contribution is 0.516. The molecular weight excluding hydrogens is 312 g/mol. The Hall–Kier alpha value is -0.370. The lowest BCUT2D eigenvalue weighted by Crippen LogP contribution is -2.10. The topological polar surface area (TPSA) is 72.2 Å². The minimum Gasteiger partial charge on any atom is -0.304 e. The average Bonchev–Trinajstić information content (AvgIpc) is 2.41. The summed E-state index contributed by atoms with van der Waals surface area (Å²) in [6.45, 7) is 0. The summed E-state index contributed by atoms with van der Waals surface area (Å²) in [5.74, 6) is 0. The van der Waals surface area contributed by atoms with Crippen molar-refractivity contribution >= 4 is 39.4 Å². The normalized spacial score (nSPS) is 19.5. The molecule has 1 aliphatic rings. The minimum atomic E-state index is -1.48. The number of rotatable bonds is 5. The molecule has 1 fully saturated rings. The summed E-state index contributed by atoms with van der Waals surface area (Å²) in [7, 11) is -2.60. The maximum Gasteiger partial charge on any atom is 0.122 e. The van der Waals surface area contributed by atoms with Crippen LogP contribution < -0.4 is 9.86 Å². The van der Waals surface area contributed by atoms with Crippen LogP contribution in [-0.4, -0.2) is 19.9 Å². The number of hydrogen-bond acceptors (Lipinski definition) is 3. The van der Waals surface area contributed by atoms with Gasteiger partial charge in [-0.25, -0.2) is 13.6 Å². The van der Waals surface area contributed by atoms with Gasteiger partial charge in [-0.1, -0.05) is 19.3 Å². The first-order chi connectivity index (χ1) is 9.56. The third kappa shape index (κ3) is 4.58. The van der Waals surface area contributed by atoms with E-state index in [0.29, 0.717) is 10.1 Å². The second kappa shape index (κ2) is 7.59. The van der Waals surface area contributed by atoms with Crippen molar-refractivity contribution in [2.24, 2.45) is 5.14 Å². The van der Waals surface area contributed by atoms with Crippen LogP contribution >= 0.6 is 11.8 Å². The Balaban J connectivity index is 2.22. The van der Waals surface area contributed by atoms with Crippen molar-refractivity contribution in [2.75, 3.05) is 11.0 Å². The first kappa shape index (κ1) is 16.0. The quantitative estimate of drug-likeness (QED) is 0.871. The lowest BCUT2D eigenvalue weighted by atomic mass is 10.0. The summed E-state index contributed by atoms with van der Waals surface area (Å²) in [5, 5.41) is 6.03. The van der Waals surface area contributed by atoms with Crippen LogP contribution in [0.2, 0.25) is 0 Å². The van der Waals surface area contributed by atoms with Gasteiger partial charge in [-0.15, -0.1) is 11.8 Å². The molecule has 1 aromatic rings. The van der Waals surface area contributed by atoms with Crippen LogP contribution in [0.4, 0.5) is 5.69 Å². The Morgan fingerprint density at radius 1 is 1.25 bits per heavy atom. The van der Waals surface area contributed by atoms with Gasteiger partial charge in [-0.2, -0.15) is 0 Å². The van der Waals surface area contributed by atoms with Crippen LogP contribution in [-0.2, 0) is 22.0 Å². The Morgan fingerprint density at radius 2 is 1.95 bits per heavy atom. The van der Waals surface area contributed by atoms with Crippen LogP contribution in [0.25, 0.3) is 0 Å². The predicted octanol–water partition coefficient (Wildman–Crippen LogP) is 2.80. The van der Waals surface area contributed by atoms with E-state index in [1.165, 1.54) is 32.1 Å². The lowest BCUT2D eigenvalue weighted by Gasteiger charge is -2.22. The van der Waals surface area contributed by atoms with E-state index in [2.05, 4.69) is 4.72 Å². The van der Waals surface area contributed by atoms with Crippen LogP contribution in [0, 0.1) is 0 Å². The molecule has 3 N–H and O–H groups in total. The van der Waals surface area contributed by atoms with Crippen molar-refractivity contribution in [3.8, 4) is 0 Å². The van der Waals surface area contributed by atoms with Gasteiger partial charge in [0.1, 0.15) is 22.0 Å². The van der Waals surface area contributed by atoms with E-state index in [9.17, 15) is 8.42 Å². The molecule has 0 heterocycles. The third-order valence-corrected chi connectivity index (χ3v) is 5.91. The van der Waals surface area contributed by atoms with Crippen LogP contribution in [0.15, 0.2) is 28.0 Å². The smallest absolute Gasteiger partial charge is 0.122 e. The van der Waals surface area contributed by atoms with Crippen molar-refractivity contribution in [3.63, 3.8) is 0 Å². The molecule has 20 heavy (non-hydrogen) atoms. The molecule has 0 bridgehead atoms. The Morgan fingerprint density at radius 3 is 2.55 bits per heavy atom. The summed E-state index contributed by atoms with van der Waals surface area (Å²) in [6.07, 6.45) is 7.86. The average molecular weight is 333 g/mol. The fourth-order valence-electron chi connectivity index (χ4n) is 2.33. The Labute approximate surface area is 129 Å². The summed E-state index contributed by atoms with van der Waals surface area (Å²) < 4.78 is 25.7. The number of nitrogens with two attached hydrogens (primary N) is 1. The number of hydrogen-bond donors (Lipinski definition) is 2. The molecule has 0 amide bonds. The maximum absolute atomic E-state index is 11.4. The molecule has 2 atom stereocenters. The standard InChI is InChI=1S/C13H20N2O2S3/c1-19(16)15-12-8-7-11(20(14)17)9-13(12)18-10-5-3-2-4-6-10/h7-10,15H,2-6,14H2,1H3. The molecule has 4 nitrogen and oxygen atoms in total. The van der Waals surface area contributed by atoms with Gasteiger partial charge in [0.2, 0.25) is 0 Å². The predicted molar refractivity (Wildman–Crippen MR) is 87.5 cm³/mol. The fraction of sp³-hybridized carbons (Fsp3) is 0.538. The number of thioether (sulfide) groups is 1. The number of benzene rings is 1. The molecule has 7 heteroatoms. The van der Waals surface area contributed by atoms with Crippen molar-refractivity contribution in [3.05, 3.63) is 18.2 Å². The molecule has 0 radical (unpaired) electrons. The van der Waals surface area contributed by atoms with E-state index in [0.717, 1.165) is 10.6 Å². The van der Waals surface area contributed by atoms with E-state index in [4.69, 9.17) is 5.14 Å². The minimum absolute atomic E-state index is 0.580. The molecule has 1 aromatic carbocycles. The first-order valence-corrected chi connectivity index (χ1v) is 10.3. The van der Waals surface area contributed by atoms with Gasteiger partial charge < -0.3 is 4.72 Å². The molecule has 112 valence electrons. The SMILES string of the molecule is CS(=O)Nc1ccc(S(N)=O)cc1SC1CCCCC1. The Kier molecular flexibility index (Phi) is 6.07. The van der Waals surface area contributed by atoms with E-state index >= 15 is 0 Å². The van der Waals surface area contributed by atoms with Crippen molar-refractivity contribution in [1.82, 2.24) is 0 Å². The molecule has 1 saturated carbocycles. The van der Waals surface area contributed by atoms with Gasteiger partial charge in [-0.3, -0.25) is 0 Å². The number of anilines is 1. The van der Waals surface area contributed by atoms with Gasteiger partial charge in [0, 0.05) is 16.4 Å². The van der Waals surface area contributed by atoms with Gasteiger partial charge in [0.05, 0.1) is 10.6 Å². The van der Waals surface area contributed by atoms with Crippen molar-refractivity contribution in [2.45, 2.75) is 47.1 Å². The van der Waals surface area contributed by atoms with Gasteiger partial charge in [0.15, 0.2) is 0 Å². The van der Waals surface area contributed by atoms with Gasteiger partial charge >= 0.3 is 0 Å². The maximum atomic E-state index is 11.4.